The Labute approximate surface area is 114 Å². The van der Waals surface area contributed by atoms with Gasteiger partial charge in [0.25, 0.3) is 0 Å². The monoisotopic (exact) mass is 265 g/mol. The van der Waals surface area contributed by atoms with E-state index in [0.29, 0.717) is 19.6 Å². The van der Waals surface area contributed by atoms with Crippen LogP contribution in [-0.4, -0.2) is 30.3 Å². The molecule has 19 heavy (non-hydrogen) atoms. The van der Waals surface area contributed by atoms with E-state index in [1.54, 1.807) is 0 Å². The number of carbonyl (C=O) groups is 1. The number of aliphatic carboxylic acids is 1. The van der Waals surface area contributed by atoms with Crippen molar-refractivity contribution < 1.29 is 14.6 Å². The molecule has 0 amide bonds. The third-order valence-electron chi connectivity index (χ3n) is 2.97. The summed E-state index contributed by atoms with van der Waals surface area (Å²) in [5.74, 6) is 0.0674. The van der Waals surface area contributed by atoms with Crippen molar-refractivity contribution in [2.45, 2.75) is 39.7 Å². The quantitative estimate of drug-likeness (QED) is 0.709. The number of ether oxygens (including phenoxy) is 1. The van der Waals surface area contributed by atoms with Crippen molar-refractivity contribution in [3.63, 3.8) is 0 Å². The molecule has 106 valence electrons. The summed E-state index contributed by atoms with van der Waals surface area (Å²) in [6.45, 7) is 7.00. The molecule has 1 aromatic rings. The van der Waals surface area contributed by atoms with Gasteiger partial charge in [0.05, 0.1) is 0 Å². The Balaban J connectivity index is 2.37. The number of hydrogen-bond acceptors (Lipinski definition) is 3. The fraction of sp³-hybridized carbons (Fsp3) is 0.533. The van der Waals surface area contributed by atoms with Gasteiger partial charge >= 0.3 is 5.97 Å². The summed E-state index contributed by atoms with van der Waals surface area (Å²) in [5, 5.41) is 12.0. The topological polar surface area (TPSA) is 58.6 Å². The molecule has 1 unspecified atom stereocenters. The molecular weight excluding hydrogens is 242 g/mol. The smallest absolute Gasteiger partial charge is 0.320 e. The van der Waals surface area contributed by atoms with Crippen LogP contribution in [0.2, 0.25) is 0 Å². The summed E-state index contributed by atoms with van der Waals surface area (Å²) in [6, 6.07) is 5.58. The van der Waals surface area contributed by atoms with Gasteiger partial charge in [0.1, 0.15) is 18.4 Å². The summed E-state index contributed by atoms with van der Waals surface area (Å²) >= 11 is 0. The van der Waals surface area contributed by atoms with E-state index in [2.05, 4.69) is 5.32 Å². The number of hydrogen-bond donors (Lipinski definition) is 2. The van der Waals surface area contributed by atoms with Gasteiger partial charge in [-0.3, -0.25) is 4.79 Å². The molecule has 2 N–H and O–H groups in total. The minimum Gasteiger partial charge on any atom is -0.492 e. The summed E-state index contributed by atoms with van der Waals surface area (Å²) in [4.78, 5) is 10.9. The minimum absolute atomic E-state index is 0.470. The lowest BCUT2D eigenvalue weighted by Gasteiger charge is -2.14. The highest BCUT2D eigenvalue weighted by Crippen LogP contribution is 2.18. The highest BCUT2D eigenvalue weighted by molar-refractivity contribution is 5.73. The first-order valence-electron chi connectivity index (χ1n) is 6.70. The van der Waals surface area contributed by atoms with Crippen molar-refractivity contribution in [3.05, 3.63) is 29.3 Å². The normalized spacial score (nSPS) is 12.2. The lowest BCUT2D eigenvalue weighted by atomic mass is 10.1. The summed E-state index contributed by atoms with van der Waals surface area (Å²) in [5.41, 5.74) is 2.25. The summed E-state index contributed by atoms with van der Waals surface area (Å²) < 4.78 is 5.67. The van der Waals surface area contributed by atoms with E-state index in [1.165, 1.54) is 0 Å². The van der Waals surface area contributed by atoms with Gasteiger partial charge in [-0.2, -0.15) is 0 Å². The summed E-state index contributed by atoms with van der Waals surface area (Å²) in [7, 11) is 0. The van der Waals surface area contributed by atoms with E-state index >= 15 is 0 Å². The van der Waals surface area contributed by atoms with Crippen LogP contribution in [0.5, 0.6) is 5.75 Å². The van der Waals surface area contributed by atoms with E-state index in [1.807, 2.05) is 39.0 Å². The zero-order valence-corrected chi connectivity index (χ0v) is 11.9. The number of carboxylic acid groups (broad SMARTS) is 1. The molecule has 1 atom stereocenters. The standard InChI is InChI=1S/C15H23NO3/c1-4-5-13(15(17)18)16-8-9-19-14-10-11(2)6-7-12(14)3/h6-7,10,13,16H,4-5,8-9H2,1-3H3,(H,17,18). The van der Waals surface area contributed by atoms with Crippen LogP contribution in [0, 0.1) is 13.8 Å². The third-order valence-corrected chi connectivity index (χ3v) is 2.97. The second-order valence-electron chi connectivity index (χ2n) is 4.75. The molecule has 0 aliphatic heterocycles. The molecule has 0 heterocycles. The number of aryl methyl sites for hydroxylation is 2. The first-order valence-corrected chi connectivity index (χ1v) is 6.70. The molecule has 4 nitrogen and oxygen atoms in total. The molecule has 0 aliphatic rings. The van der Waals surface area contributed by atoms with Gasteiger partial charge in [-0.15, -0.1) is 0 Å². The third kappa shape index (κ3) is 5.30. The Morgan fingerprint density at radius 2 is 2.16 bits per heavy atom. The van der Waals surface area contributed by atoms with Crippen molar-refractivity contribution in [2.24, 2.45) is 0 Å². The Hall–Kier alpha value is -1.55. The molecule has 0 saturated heterocycles. The fourth-order valence-corrected chi connectivity index (χ4v) is 1.86. The van der Waals surface area contributed by atoms with E-state index < -0.39 is 12.0 Å². The van der Waals surface area contributed by atoms with Crippen LogP contribution in [0.1, 0.15) is 30.9 Å². The molecule has 0 radical (unpaired) electrons. The van der Waals surface area contributed by atoms with Gasteiger partial charge < -0.3 is 15.2 Å². The van der Waals surface area contributed by atoms with Crippen molar-refractivity contribution in [1.82, 2.24) is 5.32 Å². The highest BCUT2D eigenvalue weighted by Gasteiger charge is 2.14. The van der Waals surface area contributed by atoms with E-state index in [4.69, 9.17) is 9.84 Å². The lowest BCUT2D eigenvalue weighted by molar-refractivity contribution is -0.139. The molecule has 0 bridgehead atoms. The molecular formula is C15H23NO3. The average Bonchev–Trinajstić information content (AvgIpc) is 2.36. The van der Waals surface area contributed by atoms with Gasteiger partial charge in [0.15, 0.2) is 0 Å². The Morgan fingerprint density at radius 1 is 1.42 bits per heavy atom. The van der Waals surface area contributed by atoms with Gasteiger partial charge in [-0.05, 0) is 37.5 Å². The van der Waals surface area contributed by atoms with Gasteiger partial charge in [-0.1, -0.05) is 25.5 Å². The number of nitrogens with one attached hydrogen (secondary N) is 1. The van der Waals surface area contributed by atoms with Gasteiger partial charge in [0, 0.05) is 6.54 Å². The van der Waals surface area contributed by atoms with E-state index in [9.17, 15) is 4.79 Å². The van der Waals surface area contributed by atoms with Crippen LogP contribution in [-0.2, 0) is 4.79 Å². The Kier molecular flexibility index (Phi) is 6.36. The van der Waals surface area contributed by atoms with Crippen LogP contribution in [0.15, 0.2) is 18.2 Å². The predicted molar refractivity (Wildman–Crippen MR) is 75.7 cm³/mol. The second-order valence-corrected chi connectivity index (χ2v) is 4.75. The maximum Gasteiger partial charge on any atom is 0.320 e. The molecule has 1 rings (SSSR count). The largest absolute Gasteiger partial charge is 0.492 e. The summed E-state index contributed by atoms with van der Waals surface area (Å²) in [6.07, 6.45) is 1.49. The minimum atomic E-state index is -0.798. The first-order chi connectivity index (χ1) is 9.04. The first kappa shape index (κ1) is 15.5. The van der Waals surface area contributed by atoms with Crippen LogP contribution < -0.4 is 10.1 Å². The molecule has 1 aromatic carbocycles. The number of rotatable bonds is 8. The van der Waals surface area contributed by atoms with E-state index in [0.717, 1.165) is 23.3 Å². The van der Waals surface area contributed by atoms with Crippen molar-refractivity contribution >= 4 is 5.97 Å². The Bertz CT molecular complexity index is 418. The highest BCUT2D eigenvalue weighted by atomic mass is 16.5. The molecule has 4 heteroatoms. The molecule has 0 aromatic heterocycles. The SMILES string of the molecule is CCCC(NCCOc1cc(C)ccc1C)C(=O)O. The fourth-order valence-electron chi connectivity index (χ4n) is 1.86. The maximum absolute atomic E-state index is 10.9. The molecule has 0 saturated carbocycles. The van der Waals surface area contributed by atoms with Gasteiger partial charge in [0.2, 0.25) is 0 Å². The lowest BCUT2D eigenvalue weighted by Crippen LogP contribution is -2.38. The van der Waals surface area contributed by atoms with Crippen LogP contribution >= 0.6 is 0 Å². The van der Waals surface area contributed by atoms with Crippen LogP contribution in [0.25, 0.3) is 0 Å². The Morgan fingerprint density at radius 3 is 2.79 bits per heavy atom. The van der Waals surface area contributed by atoms with Gasteiger partial charge in [-0.25, -0.2) is 0 Å². The van der Waals surface area contributed by atoms with E-state index in [-0.39, 0.29) is 0 Å². The van der Waals surface area contributed by atoms with Crippen LogP contribution in [0.3, 0.4) is 0 Å². The average molecular weight is 265 g/mol. The predicted octanol–water partition coefficient (Wildman–Crippen LogP) is 2.53. The molecule has 0 spiro atoms. The zero-order chi connectivity index (χ0) is 14.3. The number of benzene rings is 1. The maximum atomic E-state index is 10.9. The van der Waals surface area contributed by atoms with Crippen molar-refractivity contribution in [3.8, 4) is 5.75 Å². The molecule has 0 aliphatic carbocycles. The van der Waals surface area contributed by atoms with Crippen molar-refractivity contribution in [2.75, 3.05) is 13.2 Å². The number of carboxylic acids is 1. The zero-order valence-electron chi connectivity index (χ0n) is 11.9. The van der Waals surface area contributed by atoms with Crippen LogP contribution in [0.4, 0.5) is 0 Å². The molecule has 0 fully saturated rings. The second kappa shape index (κ2) is 7.79. The van der Waals surface area contributed by atoms with Crippen molar-refractivity contribution in [1.29, 1.82) is 0 Å².